The van der Waals surface area contributed by atoms with E-state index in [4.69, 9.17) is 11.6 Å². The minimum atomic E-state index is -0.530. The number of anilines is 1. The van der Waals surface area contributed by atoms with Crippen LogP contribution in [0.4, 0.5) is 10.2 Å². The van der Waals surface area contributed by atoms with Gasteiger partial charge in [-0.2, -0.15) is 5.10 Å². The molecule has 33 heavy (non-hydrogen) atoms. The molecule has 0 radical (unpaired) electrons. The van der Waals surface area contributed by atoms with E-state index in [1.54, 1.807) is 48.1 Å². The molecular weight excluding hydrogens is 445 g/mol. The van der Waals surface area contributed by atoms with Crippen LogP contribution >= 0.6 is 11.6 Å². The summed E-state index contributed by atoms with van der Waals surface area (Å²) in [6.07, 6.45) is 6.20. The van der Waals surface area contributed by atoms with Crippen molar-refractivity contribution in [2.75, 3.05) is 5.32 Å². The van der Waals surface area contributed by atoms with E-state index in [0.717, 1.165) is 12.8 Å². The van der Waals surface area contributed by atoms with E-state index in [0.29, 0.717) is 38.9 Å². The van der Waals surface area contributed by atoms with Crippen LogP contribution in [-0.2, 0) is 6.54 Å². The van der Waals surface area contributed by atoms with E-state index in [9.17, 15) is 14.3 Å². The molecule has 1 aromatic carbocycles. The fourth-order valence-corrected chi connectivity index (χ4v) is 4.33. The van der Waals surface area contributed by atoms with Crippen molar-refractivity contribution in [1.82, 2.24) is 19.3 Å². The summed E-state index contributed by atoms with van der Waals surface area (Å²) in [6.45, 7) is 1.97. The molecule has 1 aliphatic rings. The number of fused-ring (bicyclic) bond motifs is 1. The topological polar surface area (TPSA) is 85.0 Å². The van der Waals surface area contributed by atoms with Gasteiger partial charge in [-0.25, -0.2) is 9.37 Å². The molecule has 1 fully saturated rings. The third kappa shape index (κ3) is 4.24. The van der Waals surface area contributed by atoms with Crippen LogP contribution in [0.1, 0.15) is 25.3 Å². The van der Waals surface area contributed by atoms with E-state index in [2.05, 4.69) is 15.4 Å². The molecule has 4 aromatic rings. The summed E-state index contributed by atoms with van der Waals surface area (Å²) in [5.74, 6) is 0.625. The zero-order chi connectivity index (χ0) is 23.1. The fraction of sp³-hybridized carbons (Fsp3) is 0.292. The van der Waals surface area contributed by atoms with Gasteiger partial charge >= 0.3 is 0 Å². The lowest BCUT2D eigenvalue weighted by Crippen LogP contribution is -2.33. The number of aliphatic hydroxyl groups excluding tert-OH is 1. The van der Waals surface area contributed by atoms with Gasteiger partial charge in [-0.05, 0) is 37.8 Å². The Kier molecular flexibility index (Phi) is 5.64. The van der Waals surface area contributed by atoms with E-state index in [1.165, 1.54) is 23.0 Å². The van der Waals surface area contributed by atoms with Gasteiger partial charge in [0.25, 0.3) is 5.56 Å². The minimum Gasteiger partial charge on any atom is -0.391 e. The van der Waals surface area contributed by atoms with E-state index in [1.807, 2.05) is 0 Å². The summed E-state index contributed by atoms with van der Waals surface area (Å²) >= 11 is 6.40. The number of pyridine rings is 2. The Bertz CT molecular complexity index is 1380. The third-order valence-electron chi connectivity index (χ3n) is 6.05. The lowest BCUT2D eigenvalue weighted by atomic mass is 10.1. The standard InChI is InChI=1S/C24H23ClFN5O2/c1-14(32)23(15-6-7-15)29-22-10-21(18(25)12-27-22)30-9-8-20-17(24(30)33)11-28-31(20)13-16-4-2-3-5-19(16)26/h2-5,8-12,14-15,23,32H,6-7,13H2,1H3,(H,27,29). The second-order valence-corrected chi connectivity index (χ2v) is 8.86. The maximum absolute atomic E-state index is 14.1. The Balaban J connectivity index is 1.49. The number of nitrogens with one attached hydrogen (secondary N) is 1. The Hall–Kier alpha value is -3.23. The lowest BCUT2D eigenvalue weighted by molar-refractivity contribution is 0.162. The van der Waals surface area contributed by atoms with Gasteiger partial charge in [0.05, 0.1) is 52.7 Å². The monoisotopic (exact) mass is 467 g/mol. The molecule has 2 atom stereocenters. The summed E-state index contributed by atoms with van der Waals surface area (Å²) in [7, 11) is 0. The second-order valence-electron chi connectivity index (χ2n) is 8.45. The molecule has 2 N–H and O–H groups in total. The molecule has 7 nitrogen and oxygen atoms in total. The number of aromatic nitrogens is 4. The van der Waals surface area contributed by atoms with Gasteiger partial charge < -0.3 is 10.4 Å². The Labute approximate surface area is 194 Å². The number of aliphatic hydroxyl groups is 1. The fourth-order valence-electron chi connectivity index (χ4n) is 4.13. The zero-order valence-corrected chi connectivity index (χ0v) is 18.7. The summed E-state index contributed by atoms with van der Waals surface area (Å²) < 4.78 is 17.1. The third-order valence-corrected chi connectivity index (χ3v) is 6.34. The summed E-state index contributed by atoms with van der Waals surface area (Å²) in [5.41, 5.74) is 1.28. The number of rotatable bonds is 7. The zero-order valence-electron chi connectivity index (χ0n) is 17.9. The predicted octanol–water partition coefficient (Wildman–Crippen LogP) is 3.99. The molecule has 5 rings (SSSR count). The molecule has 2 unspecified atom stereocenters. The van der Waals surface area contributed by atoms with Crippen molar-refractivity contribution in [2.45, 2.75) is 38.5 Å². The number of nitrogens with zero attached hydrogens (tertiary/aromatic N) is 4. The van der Waals surface area contributed by atoms with Gasteiger partial charge in [-0.1, -0.05) is 29.8 Å². The number of benzene rings is 1. The van der Waals surface area contributed by atoms with E-state index in [-0.39, 0.29) is 24.0 Å². The summed E-state index contributed by atoms with van der Waals surface area (Å²) in [4.78, 5) is 17.6. The van der Waals surface area contributed by atoms with Crippen LogP contribution in [0.2, 0.25) is 5.02 Å². The average molecular weight is 468 g/mol. The van der Waals surface area contributed by atoms with E-state index < -0.39 is 6.10 Å². The second kappa shape index (κ2) is 8.61. The highest BCUT2D eigenvalue weighted by Gasteiger charge is 2.34. The molecule has 1 saturated carbocycles. The summed E-state index contributed by atoms with van der Waals surface area (Å²) in [6, 6.07) is 9.85. The quantitative estimate of drug-likeness (QED) is 0.429. The largest absolute Gasteiger partial charge is 0.391 e. The first-order valence-corrected chi connectivity index (χ1v) is 11.2. The highest BCUT2D eigenvalue weighted by atomic mass is 35.5. The van der Waals surface area contributed by atoms with Crippen molar-refractivity contribution in [3.63, 3.8) is 0 Å². The molecule has 170 valence electrons. The maximum Gasteiger partial charge on any atom is 0.266 e. The molecule has 0 amide bonds. The molecule has 3 heterocycles. The Morgan fingerprint density at radius 1 is 1.27 bits per heavy atom. The smallest absolute Gasteiger partial charge is 0.266 e. The first-order chi connectivity index (χ1) is 15.9. The first-order valence-electron chi connectivity index (χ1n) is 10.8. The van der Waals surface area contributed by atoms with Crippen LogP contribution in [0.25, 0.3) is 16.6 Å². The van der Waals surface area contributed by atoms with Crippen molar-refractivity contribution >= 4 is 28.3 Å². The molecule has 1 aliphatic carbocycles. The highest BCUT2D eigenvalue weighted by molar-refractivity contribution is 6.32. The Morgan fingerprint density at radius 3 is 2.79 bits per heavy atom. The molecule has 0 spiro atoms. The van der Waals surface area contributed by atoms with Crippen molar-refractivity contribution in [2.24, 2.45) is 5.92 Å². The van der Waals surface area contributed by atoms with Crippen LogP contribution in [-0.4, -0.2) is 36.6 Å². The average Bonchev–Trinajstić information content (AvgIpc) is 3.55. The number of hydrogen-bond donors (Lipinski definition) is 2. The van der Waals surface area contributed by atoms with Gasteiger partial charge in [0.1, 0.15) is 11.6 Å². The van der Waals surface area contributed by atoms with Crippen LogP contribution in [0.15, 0.2) is 59.8 Å². The molecule has 3 aromatic heterocycles. The molecule has 0 saturated heterocycles. The highest BCUT2D eigenvalue weighted by Crippen LogP contribution is 2.36. The van der Waals surface area contributed by atoms with Crippen molar-refractivity contribution in [3.05, 3.63) is 81.7 Å². The predicted molar refractivity (Wildman–Crippen MR) is 125 cm³/mol. The van der Waals surface area contributed by atoms with Crippen molar-refractivity contribution < 1.29 is 9.50 Å². The van der Waals surface area contributed by atoms with Crippen LogP contribution < -0.4 is 10.9 Å². The minimum absolute atomic E-state index is 0.109. The molecular formula is C24H23ClFN5O2. The number of halogens is 2. The maximum atomic E-state index is 14.1. The van der Waals surface area contributed by atoms with Crippen LogP contribution in [0.3, 0.4) is 0 Å². The summed E-state index contributed by atoms with van der Waals surface area (Å²) in [5, 5.41) is 18.4. The van der Waals surface area contributed by atoms with Gasteiger partial charge in [0.2, 0.25) is 0 Å². The van der Waals surface area contributed by atoms with Gasteiger partial charge in [0, 0.05) is 17.8 Å². The van der Waals surface area contributed by atoms with Crippen molar-refractivity contribution in [3.8, 4) is 5.69 Å². The molecule has 0 bridgehead atoms. The first kappa shape index (κ1) is 21.6. The molecule has 9 heteroatoms. The van der Waals surface area contributed by atoms with Crippen molar-refractivity contribution in [1.29, 1.82) is 0 Å². The number of hydrogen-bond acceptors (Lipinski definition) is 5. The van der Waals surface area contributed by atoms with Crippen LogP contribution in [0, 0.1) is 11.7 Å². The van der Waals surface area contributed by atoms with Crippen LogP contribution in [0.5, 0.6) is 0 Å². The normalized spacial score (nSPS) is 15.5. The lowest BCUT2D eigenvalue weighted by Gasteiger charge is -2.22. The SMILES string of the molecule is CC(O)C(Nc1cc(-n2ccc3c(cnn3Cc3ccccc3F)c2=O)c(Cl)cn1)C1CC1. The Morgan fingerprint density at radius 2 is 2.06 bits per heavy atom. The van der Waals surface area contributed by atoms with Gasteiger partial charge in [-0.3, -0.25) is 14.0 Å². The van der Waals surface area contributed by atoms with E-state index >= 15 is 0 Å². The van der Waals surface area contributed by atoms with Gasteiger partial charge in [0.15, 0.2) is 0 Å². The van der Waals surface area contributed by atoms with Gasteiger partial charge in [-0.15, -0.1) is 0 Å². The molecule has 0 aliphatic heterocycles.